The smallest absolute Gasteiger partial charge is 0.260 e. The fourth-order valence-electron chi connectivity index (χ4n) is 2.82. The summed E-state index contributed by atoms with van der Waals surface area (Å²) in [6.45, 7) is 2.01. The van der Waals surface area contributed by atoms with Crippen molar-refractivity contribution in [2.75, 3.05) is 25.0 Å². The molecule has 0 amide bonds. The van der Waals surface area contributed by atoms with E-state index in [1.165, 1.54) is 5.56 Å². The minimum absolute atomic E-state index is 0.330. The maximum Gasteiger partial charge on any atom is 0.274 e. The Morgan fingerprint density at radius 3 is 2.39 bits per heavy atom. The zero-order valence-corrected chi connectivity index (χ0v) is 14.1. The van der Waals surface area contributed by atoms with Gasteiger partial charge in [-0.05, 0) is 24.5 Å². The number of hydrogen-bond donors (Lipinski definition) is 0. The van der Waals surface area contributed by atoms with E-state index in [0.29, 0.717) is 18.0 Å². The van der Waals surface area contributed by atoms with Crippen LogP contribution in [0.2, 0.25) is 0 Å². The van der Waals surface area contributed by atoms with Crippen molar-refractivity contribution in [1.29, 1.82) is 0 Å². The molecule has 0 spiro atoms. The highest BCUT2D eigenvalue weighted by Gasteiger charge is 2.28. The van der Waals surface area contributed by atoms with E-state index in [1.54, 1.807) is 16.6 Å². The van der Waals surface area contributed by atoms with Crippen LogP contribution in [0.25, 0.3) is 0 Å². The van der Waals surface area contributed by atoms with Crippen molar-refractivity contribution in [1.82, 2.24) is 4.31 Å². The number of H-pyrrole nitrogens is 1. The molecule has 1 fully saturated rings. The first kappa shape index (κ1) is 16.0. The lowest BCUT2D eigenvalue weighted by molar-refractivity contribution is -0.367. The second kappa shape index (κ2) is 6.68. The van der Waals surface area contributed by atoms with Crippen molar-refractivity contribution < 1.29 is 13.4 Å². The second-order valence-corrected chi connectivity index (χ2v) is 7.80. The van der Waals surface area contributed by atoms with Gasteiger partial charge < -0.3 is 0 Å². The number of aromatic amines is 1. The average molecular weight is 332 g/mol. The van der Waals surface area contributed by atoms with Crippen molar-refractivity contribution in [3.05, 3.63) is 54.2 Å². The average Bonchev–Trinajstić information content (AvgIpc) is 3.11. The topological polar surface area (TPSA) is 54.8 Å². The summed E-state index contributed by atoms with van der Waals surface area (Å²) in [6.07, 6.45) is 3.48. The molecule has 1 N–H and O–H groups in total. The van der Waals surface area contributed by atoms with E-state index >= 15 is 0 Å². The molecule has 2 aromatic rings. The molecule has 0 radical (unpaired) electrons. The predicted octanol–water partition coefficient (Wildman–Crippen LogP) is 1.92. The Bertz CT molecular complexity index is 739. The number of anilines is 1. The summed E-state index contributed by atoms with van der Waals surface area (Å²) in [4.78, 5) is 5.49. The van der Waals surface area contributed by atoms with Gasteiger partial charge in [0.1, 0.15) is 17.6 Å². The van der Waals surface area contributed by atoms with E-state index in [1.807, 2.05) is 31.3 Å². The number of pyridine rings is 1. The summed E-state index contributed by atoms with van der Waals surface area (Å²) >= 11 is 0. The first-order valence-electron chi connectivity index (χ1n) is 7.84. The van der Waals surface area contributed by atoms with Crippen LogP contribution in [0.4, 0.5) is 5.82 Å². The third kappa shape index (κ3) is 3.54. The zero-order chi connectivity index (χ0) is 16.3. The Balaban J connectivity index is 1.74. The van der Waals surface area contributed by atoms with Gasteiger partial charge in [0.2, 0.25) is 10.0 Å². The first-order valence-corrected chi connectivity index (χ1v) is 9.28. The van der Waals surface area contributed by atoms with E-state index in [-0.39, 0.29) is 0 Å². The van der Waals surface area contributed by atoms with Gasteiger partial charge in [0.05, 0.1) is 7.05 Å². The minimum atomic E-state index is -3.36. The normalized spacial score (nSPS) is 15.7. The van der Waals surface area contributed by atoms with Crippen LogP contribution in [-0.4, -0.2) is 32.9 Å². The fourth-order valence-corrected chi connectivity index (χ4v) is 4.31. The molecule has 0 atom stereocenters. The number of nitrogens with one attached hydrogen (secondary N) is 1. The Hall–Kier alpha value is -1.92. The van der Waals surface area contributed by atoms with E-state index in [2.05, 4.69) is 22.0 Å². The lowest BCUT2D eigenvalue weighted by Gasteiger charge is -2.15. The van der Waals surface area contributed by atoms with Gasteiger partial charge in [-0.15, -0.1) is 0 Å². The third-order valence-electron chi connectivity index (χ3n) is 4.14. The Morgan fingerprint density at radius 1 is 1.09 bits per heavy atom. The van der Waals surface area contributed by atoms with Crippen molar-refractivity contribution in [2.45, 2.75) is 24.3 Å². The summed E-state index contributed by atoms with van der Waals surface area (Å²) in [5.41, 5.74) is 1.21. The van der Waals surface area contributed by atoms with Gasteiger partial charge in [0.25, 0.3) is 5.82 Å². The van der Waals surface area contributed by atoms with Gasteiger partial charge in [-0.3, -0.25) is 4.90 Å². The molecule has 0 aliphatic carbocycles. The monoisotopic (exact) mass is 332 g/mol. The van der Waals surface area contributed by atoms with Crippen molar-refractivity contribution >= 4 is 15.8 Å². The van der Waals surface area contributed by atoms with Gasteiger partial charge in [0.15, 0.2) is 0 Å². The predicted molar refractivity (Wildman–Crippen MR) is 89.5 cm³/mol. The van der Waals surface area contributed by atoms with Crippen LogP contribution >= 0.6 is 0 Å². The lowest BCUT2D eigenvalue weighted by atomic mass is 10.2. The largest absolute Gasteiger partial charge is 0.274 e. The van der Waals surface area contributed by atoms with Crippen molar-refractivity contribution in [2.24, 2.45) is 0 Å². The van der Waals surface area contributed by atoms with Crippen LogP contribution in [0, 0.1) is 0 Å². The molecule has 1 aromatic carbocycles. The highest BCUT2D eigenvalue weighted by molar-refractivity contribution is 7.89. The van der Waals surface area contributed by atoms with Gasteiger partial charge in [0, 0.05) is 19.2 Å². The highest BCUT2D eigenvalue weighted by Crippen LogP contribution is 2.20. The third-order valence-corrected chi connectivity index (χ3v) is 6.04. The quantitative estimate of drug-likeness (QED) is 0.840. The lowest BCUT2D eigenvalue weighted by Crippen LogP contribution is -2.30. The molecule has 122 valence electrons. The molecule has 3 rings (SSSR count). The van der Waals surface area contributed by atoms with Crippen LogP contribution < -0.4 is 9.88 Å². The summed E-state index contributed by atoms with van der Waals surface area (Å²) in [6, 6.07) is 13.7. The van der Waals surface area contributed by atoms with Gasteiger partial charge in [-0.2, -0.15) is 4.31 Å². The fraction of sp³-hybridized carbons (Fsp3) is 0.353. The molecule has 1 aliphatic heterocycles. The molecule has 1 saturated heterocycles. The Labute approximate surface area is 137 Å². The number of nitrogens with zero attached hydrogens (tertiary/aromatic N) is 2. The summed E-state index contributed by atoms with van der Waals surface area (Å²) in [7, 11) is -1.38. The molecule has 1 aliphatic rings. The molecule has 5 nitrogen and oxygen atoms in total. The van der Waals surface area contributed by atoms with Crippen molar-refractivity contribution in [3.8, 4) is 0 Å². The molecule has 23 heavy (non-hydrogen) atoms. The van der Waals surface area contributed by atoms with Crippen LogP contribution in [0.5, 0.6) is 0 Å². The molecule has 0 unspecified atom stereocenters. The van der Waals surface area contributed by atoms with Gasteiger partial charge in [-0.1, -0.05) is 30.3 Å². The second-order valence-electron chi connectivity index (χ2n) is 5.86. The molecule has 6 heteroatoms. The molecule has 0 saturated carbocycles. The van der Waals surface area contributed by atoms with E-state index < -0.39 is 10.0 Å². The summed E-state index contributed by atoms with van der Waals surface area (Å²) < 4.78 is 26.6. The highest BCUT2D eigenvalue weighted by atomic mass is 32.2. The Morgan fingerprint density at radius 2 is 1.78 bits per heavy atom. The number of benzene rings is 1. The number of sulfonamides is 1. The zero-order valence-electron chi connectivity index (χ0n) is 13.3. The molecular weight excluding hydrogens is 310 g/mol. The molecule has 1 aromatic heterocycles. The van der Waals surface area contributed by atoms with Crippen LogP contribution in [0.3, 0.4) is 0 Å². The summed E-state index contributed by atoms with van der Waals surface area (Å²) in [5, 5.41) is 0. The minimum Gasteiger partial charge on any atom is -0.260 e. The molecule has 2 heterocycles. The van der Waals surface area contributed by atoms with E-state index in [4.69, 9.17) is 0 Å². The number of aromatic nitrogens is 1. The van der Waals surface area contributed by atoms with Crippen LogP contribution in [0.15, 0.2) is 53.6 Å². The SMILES string of the molecule is CN(Cc1ccccc1)c1ccc(S(=O)(=O)N2CCCC2)c[nH+]1. The molecular formula is C17H22N3O2S+. The van der Waals surface area contributed by atoms with Crippen LogP contribution in [0.1, 0.15) is 18.4 Å². The van der Waals surface area contributed by atoms with Gasteiger partial charge >= 0.3 is 0 Å². The number of rotatable bonds is 5. The maximum atomic E-state index is 12.5. The Kier molecular flexibility index (Phi) is 4.63. The standard InChI is InChI=1S/C17H21N3O2S/c1-19(14-15-7-3-2-4-8-15)17-10-9-16(13-18-17)23(21,22)20-11-5-6-12-20/h2-4,7-10,13H,5-6,11-12,14H2,1H3/p+1. The summed E-state index contributed by atoms with van der Waals surface area (Å²) in [5.74, 6) is 0.884. The first-order chi connectivity index (χ1) is 11.1. The molecule has 0 bridgehead atoms. The van der Waals surface area contributed by atoms with Gasteiger partial charge in [-0.25, -0.2) is 13.4 Å². The van der Waals surface area contributed by atoms with Crippen molar-refractivity contribution in [3.63, 3.8) is 0 Å². The van der Waals surface area contributed by atoms with E-state index in [9.17, 15) is 8.42 Å². The maximum absolute atomic E-state index is 12.5. The van der Waals surface area contributed by atoms with E-state index in [0.717, 1.165) is 25.2 Å². The van der Waals surface area contributed by atoms with Crippen LogP contribution in [-0.2, 0) is 16.6 Å². The number of hydrogen-bond acceptors (Lipinski definition) is 3.